The van der Waals surface area contributed by atoms with E-state index in [-0.39, 0.29) is 29.3 Å². The van der Waals surface area contributed by atoms with Gasteiger partial charge in [-0.3, -0.25) is 4.79 Å². The monoisotopic (exact) mass is 449 g/mol. The molecule has 0 aliphatic carbocycles. The molecule has 2 fully saturated rings. The predicted molar refractivity (Wildman–Crippen MR) is 120 cm³/mol. The number of ether oxygens (including phenoxy) is 4. The van der Waals surface area contributed by atoms with Crippen molar-refractivity contribution in [2.24, 2.45) is 5.92 Å². The number of methoxy groups -OCH3 is 3. The van der Waals surface area contributed by atoms with Crippen LogP contribution in [-0.4, -0.2) is 88.0 Å². The third-order valence-electron chi connectivity index (χ3n) is 5.84. The molecule has 0 saturated carbocycles. The first kappa shape index (κ1) is 24.0. The van der Waals surface area contributed by atoms with Gasteiger partial charge in [0.25, 0.3) is 0 Å². The number of likely N-dealkylation sites (tertiary alicyclic amines) is 1. The molecule has 178 valence electrons. The number of hydrogen-bond donors (Lipinski definition) is 1. The highest BCUT2D eigenvalue weighted by molar-refractivity contribution is 5.83. The van der Waals surface area contributed by atoms with Crippen LogP contribution >= 0.6 is 0 Å². The zero-order valence-corrected chi connectivity index (χ0v) is 19.9. The number of urea groups is 1. The quantitative estimate of drug-likeness (QED) is 0.741. The number of hydrogen-bond acceptors (Lipinski definition) is 6. The topological polar surface area (TPSA) is 89.6 Å². The Kier molecular flexibility index (Phi) is 7.38. The fourth-order valence-electron chi connectivity index (χ4n) is 4.29. The Labute approximate surface area is 189 Å². The minimum Gasteiger partial charge on any atom is -0.493 e. The molecule has 1 aromatic carbocycles. The van der Waals surface area contributed by atoms with Gasteiger partial charge in [-0.05, 0) is 38.5 Å². The molecule has 3 rings (SSSR count). The van der Waals surface area contributed by atoms with Crippen LogP contribution in [-0.2, 0) is 9.53 Å². The van der Waals surface area contributed by atoms with Gasteiger partial charge < -0.3 is 34.1 Å². The van der Waals surface area contributed by atoms with E-state index < -0.39 is 0 Å². The number of carbonyl (C=O) groups excluding carboxylic acids is 2. The van der Waals surface area contributed by atoms with Crippen molar-refractivity contribution in [1.29, 1.82) is 0 Å². The summed E-state index contributed by atoms with van der Waals surface area (Å²) in [5.41, 5.74) is 0.503. The lowest BCUT2D eigenvalue weighted by Crippen LogP contribution is -2.48. The van der Waals surface area contributed by atoms with E-state index in [4.69, 9.17) is 18.9 Å². The van der Waals surface area contributed by atoms with Gasteiger partial charge in [0.05, 0.1) is 40.5 Å². The number of rotatable bonds is 5. The first-order valence-electron chi connectivity index (χ1n) is 10.9. The second-order valence-corrected chi connectivity index (χ2v) is 9.19. The largest absolute Gasteiger partial charge is 0.493 e. The van der Waals surface area contributed by atoms with Crippen LogP contribution in [0.2, 0.25) is 0 Å². The SMILES string of the molecule is COc1cc([C@@H]2CN(C(=O)NC(C)(C)C)C[C@H]2C(=O)N2CCOCC2)cc(OC)c1OC. The highest BCUT2D eigenvalue weighted by Crippen LogP contribution is 2.43. The number of benzene rings is 1. The zero-order valence-electron chi connectivity index (χ0n) is 19.9. The summed E-state index contributed by atoms with van der Waals surface area (Å²) in [5.74, 6) is 1.01. The number of morpholine rings is 1. The summed E-state index contributed by atoms with van der Waals surface area (Å²) in [7, 11) is 4.68. The number of nitrogens with one attached hydrogen (secondary N) is 1. The molecule has 2 aliphatic heterocycles. The smallest absolute Gasteiger partial charge is 0.317 e. The molecule has 0 radical (unpaired) electrons. The maximum absolute atomic E-state index is 13.5. The number of carbonyl (C=O) groups is 2. The Morgan fingerprint density at radius 1 is 0.969 bits per heavy atom. The molecule has 1 aromatic rings. The Morgan fingerprint density at radius 2 is 1.56 bits per heavy atom. The highest BCUT2D eigenvalue weighted by atomic mass is 16.5. The van der Waals surface area contributed by atoms with E-state index >= 15 is 0 Å². The van der Waals surface area contributed by atoms with Gasteiger partial charge in [-0.2, -0.15) is 0 Å². The van der Waals surface area contributed by atoms with Crippen LogP contribution in [0.5, 0.6) is 17.2 Å². The molecule has 0 bridgehead atoms. The summed E-state index contributed by atoms with van der Waals surface area (Å²) in [5, 5.41) is 3.01. The maximum atomic E-state index is 13.5. The van der Waals surface area contributed by atoms with E-state index in [1.54, 1.807) is 26.2 Å². The van der Waals surface area contributed by atoms with Crippen LogP contribution in [0.3, 0.4) is 0 Å². The lowest BCUT2D eigenvalue weighted by molar-refractivity contribution is -0.139. The van der Waals surface area contributed by atoms with Gasteiger partial charge in [0.2, 0.25) is 11.7 Å². The highest BCUT2D eigenvalue weighted by Gasteiger charge is 2.43. The average molecular weight is 450 g/mol. The van der Waals surface area contributed by atoms with Gasteiger partial charge in [-0.25, -0.2) is 4.79 Å². The van der Waals surface area contributed by atoms with Crippen molar-refractivity contribution in [3.05, 3.63) is 17.7 Å². The van der Waals surface area contributed by atoms with Crippen LogP contribution < -0.4 is 19.5 Å². The van der Waals surface area contributed by atoms with Crippen LogP contribution in [0.25, 0.3) is 0 Å². The van der Waals surface area contributed by atoms with Gasteiger partial charge in [-0.15, -0.1) is 0 Å². The van der Waals surface area contributed by atoms with Crippen LogP contribution in [0, 0.1) is 5.92 Å². The minimum absolute atomic E-state index is 0.0399. The molecule has 0 aromatic heterocycles. The van der Waals surface area contributed by atoms with E-state index in [1.807, 2.05) is 37.8 Å². The fourth-order valence-corrected chi connectivity index (χ4v) is 4.29. The summed E-state index contributed by atoms with van der Waals surface area (Å²) in [6.45, 7) is 8.76. The molecule has 2 atom stereocenters. The van der Waals surface area contributed by atoms with E-state index in [1.165, 1.54) is 0 Å². The third kappa shape index (κ3) is 5.20. The van der Waals surface area contributed by atoms with Crippen molar-refractivity contribution in [1.82, 2.24) is 15.1 Å². The standard InChI is InChI=1S/C23H35N3O6/c1-23(2,3)24-22(28)26-13-16(17(14-26)21(27)25-7-9-32-10-8-25)15-11-18(29-4)20(31-6)19(12-15)30-5/h11-12,16-17H,7-10,13-14H2,1-6H3,(H,24,28)/t16-,17+/m0/s1. The summed E-state index contributed by atoms with van der Waals surface area (Å²) in [6.07, 6.45) is 0. The third-order valence-corrected chi connectivity index (χ3v) is 5.84. The Hall–Kier alpha value is -2.68. The molecule has 2 aliphatic rings. The lowest BCUT2D eigenvalue weighted by Gasteiger charge is -2.31. The maximum Gasteiger partial charge on any atom is 0.317 e. The molecule has 0 spiro atoms. The summed E-state index contributed by atoms with van der Waals surface area (Å²) < 4.78 is 21.9. The van der Waals surface area contributed by atoms with E-state index in [9.17, 15) is 9.59 Å². The molecular weight excluding hydrogens is 414 g/mol. The van der Waals surface area contributed by atoms with Crippen molar-refractivity contribution < 1.29 is 28.5 Å². The molecular formula is C23H35N3O6. The summed E-state index contributed by atoms with van der Waals surface area (Å²) >= 11 is 0. The molecule has 1 N–H and O–H groups in total. The van der Waals surface area contributed by atoms with Crippen LogP contribution in [0.15, 0.2) is 12.1 Å². The molecule has 9 nitrogen and oxygen atoms in total. The Morgan fingerprint density at radius 3 is 2.06 bits per heavy atom. The van der Waals surface area contributed by atoms with Gasteiger partial charge in [0, 0.05) is 37.6 Å². The number of nitrogens with zero attached hydrogens (tertiary/aromatic N) is 2. The van der Waals surface area contributed by atoms with Gasteiger partial charge in [0.15, 0.2) is 11.5 Å². The minimum atomic E-state index is -0.373. The summed E-state index contributed by atoms with van der Waals surface area (Å²) in [4.78, 5) is 30.0. The van der Waals surface area contributed by atoms with Gasteiger partial charge >= 0.3 is 6.03 Å². The molecule has 32 heavy (non-hydrogen) atoms. The lowest BCUT2D eigenvalue weighted by atomic mass is 9.87. The van der Waals surface area contributed by atoms with Crippen molar-refractivity contribution >= 4 is 11.9 Å². The van der Waals surface area contributed by atoms with E-state index in [0.717, 1.165) is 5.56 Å². The van der Waals surface area contributed by atoms with E-state index in [0.29, 0.717) is 56.6 Å². The normalized spacial score (nSPS) is 21.3. The second-order valence-electron chi connectivity index (χ2n) is 9.19. The summed E-state index contributed by atoms with van der Waals surface area (Å²) in [6, 6.07) is 3.57. The predicted octanol–water partition coefficient (Wildman–Crippen LogP) is 2.09. The van der Waals surface area contributed by atoms with Crippen LogP contribution in [0.1, 0.15) is 32.3 Å². The Bertz CT molecular complexity index is 807. The average Bonchev–Trinajstić information content (AvgIpc) is 3.22. The first-order valence-corrected chi connectivity index (χ1v) is 10.9. The second kappa shape index (κ2) is 9.85. The molecule has 3 amide bonds. The Balaban J connectivity index is 1.95. The van der Waals surface area contributed by atoms with Gasteiger partial charge in [0.1, 0.15) is 0 Å². The van der Waals surface area contributed by atoms with Crippen molar-refractivity contribution in [2.45, 2.75) is 32.2 Å². The van der Waals surface area contributed by atoms with Crippen molar-refractivity contribution in [3.8, 4) is 17.2 Å². The van der Waals surface area contributed by atoms with Crippen LogP contribution in [0.4, 0.5) is 4.79 Å². The molecule has 0 unspecified atom stereocenters. The first-order chi connectivity index (χ1) is 15.2. The van der Waals surface area contributed by atoms with Crippen molar-refractivity contribution in [2.75, 3.05) is 60.7 Å². The molecule has 9 heteroatoms. The number of amides is 3. The molecule has 2 saturated heterocycles. The fraction of sp³-hybridized carbons (Fsp3) is 0.652. The van der Waals surface area contributed by atoms with E-state index in [2.05, 4.69) is 5.32 Å². The zero-order chi connectivity index (χ0) is 23.5. The van der Waals surface area contributed by atoms with Crippen molar-refractivity contribution in [3.63, 3.8) is 0 Å². The van der Waals surface area contributed by atoms with Gasteiger partial charge in [-0.1, -0.05) is 0 Å². The molecule has 2 heterocycles.